The van der Waals surface area contributed by atoms with E-state index in [9.17, 15) is 13.6 Å². The first-order valence-electron chi connectivity index (χ1n) is 14.4. The summed E-state index contributed by atoms with van der Waals surface area (Å²) in [5, 5.41) is 0. The van der Waals surface area contributed by atoms with Crippen molar-refractivity contribution in [2.75, 3.05) is 7.11 Å². The molecule has 5 heteroatoms. The van der Waals surface area contributed by atoms with Crippen molar-refractivity contribution in [1.29, 1.82) is 0 Å². The molecule has 1 aliphatic rings. The average Bonchev–Trinajstić information content (AvgIpc) is 2.89. The number of halogens is 2. The summed E-state index contributed by atoms with van der Waals surface area (Å²) in [5.74, 6) is -1.83. The molecule has 0 unspecified atom stereocenters. The van der Waals surface area contributed by atoms with Crippen LogP contribution >= 0.6 is 0 Å². The monoisotopic (exact) mass is 543 g/mol. The molecule has 2 aromatic carbocycles. The lowest BCUT2D eigenvalue weighted by molar-refractivity contribution is -0.122. The highest BCUT2D eigenvalue weighted by atomic mass is 19.3. The highest BCUT2D eigenvalue weighted by Gasteiger charge is 2.23. The van der Waals surface area contributed by atoms with Gasteiger partial charge in [-0.2, -0.15) is 0 Å². The van der Waals surface area contributed by atoms with Crippen LogP contribution in [0, 0.1) is 19.8 Å². The number of aryl methyl sites for hydroxylation is 2. The second-order valence-electron chi connectivity index (χ2n) is 10.1. The number of hydrogen-bond donors (Lipinski definition) is 0. The fraction of sp³-hybridized carbons (Fsp3) is 0.559. The van der Waals surface area contributed by atoms with E-state index in [4.69, 9.17) is 4.74 Å². The quantitative estimate of drug-likeness (QED) is 0.339. The van der Waals surface area contributed by atoms with Gasteiger partial charge in [0.05, 0.1) is 6.10 Å². The van der Waals surface area contributed by atoms with Crippen LogP contribution in [0.2, 0.25) is 0 Å². The molecule has 2 aromatic rings. The van der Waals surface area contributed by atoms with Gasteiger partial charge in [-0.1, -0.05) is 106 Å². The van der Waals surface area contributed by atoms with Gasteiger partial charge >= 0.3 is 0 Å². The first-order valence-corrected chi connectivity index (χ1v) is 14.4. The van der Waals surface area contributed by atoms with Gasteiger partial charge < -0.3 is 4.74 Å². The van der Waals surface area contributed by atoms with E-state index < -0.39 is 5.92 Å². The Morgan fingerprint density at radius 2 is 1.59 bits per heavy atom. The first-order chi connectivity index (χ1) is 18.3. The van der Waals surface area contributed by atoms with Crippen LogP contribution in [0.5, 0.6) is 0 Å². The summed E-state index contributed by atoms with van der Waals surface area (Å²) in [5.41, 5.74) is 6.51. The molecule has 3 rings (SSSR count). The number of Topliss-reactive ketones (excluding diaryl/α,β-unsaturated/α-hetero) is 1. The lowest BCUT2D eigenvalue weighted by atomic mass is 9.64. The van der Waals surface area contributed by atoms with Crippen molar-refractivity contribution >= 4 is 24.6 Å². The smallest absolute Gasteiger partial charge is 0.242 e. The van der Waals surface area contributed by atoms with E-state index in [-0.39, 0.29) is 0 Å². The number of ketones is 1. The van der Waals surface area contributed by atoms with Gasteiger partial charge in [-0.3, -0.25) is 4.79 Å². The van der Waals surface area contributed by atoms with Crippen molar-refractivity contribution in [3.63, 3.8) is 0 Å². The van der Waals surface area contributed by atoms with Gasteiger partial charge in [0, 0.05) is 13.0 Å². The third-order valence-electron chi connectivity index (χ3n) is 5.78. The van der Waals surface area contributed by atoms with Crippen molar-refractivity contribution in [2.24, 2.45) is 5.92 Å². The summed E-state index contributed by atoms with van der Waals surface area (Å²) in [6.45, 7) is 19.8. The van der Waals surface area contributed by atoms with Crippen LogP contribution in [-0.4, -0.2) is 32.2 Å². The highest BCUT2D eigenvalue weighted by Crippen LogP contribution is 2.26. The van der Waals surface area contributed by atoms with Gasteiger partial charge in [-0.05, 0) is 77.7 Å². The predicted octanol–water partition coefficient (Wildman–Crippen LogP) is 9.36. The molecule has 0 aliphatic heterocycles. The van der Waals surface area contributed by atoms with Crippen molar-refractivity contribution in [3.05, 3.63) is 71.3 Å². The summed E-state index contributed by atoms with van der Waals surface area (Å²) in [4.78, 5) is 11.0. The van der Waals surface area contributed by atoms with Gasteiger partial charge in [-0.25, -0.2) is 8.78 Å². The number of carbonyl (C=O) groups is 1. The molecule has 2 nitrogen and oxygen atoms in total. The summed E-state index contributed by atoms with van der Waals surface area (Å²) in [6, 6.07) is 15.1. The molecule has 1 fully saturated rings. The molecule has 219 valence electrons. The van der Waals surface area contributed by atoms with E-state index in [0.29, 0.717) is 17.8 Å². The molecule has 0 heterocycles. The molecule has 1 saturated carbocycles. The predicted molar refractivity (Wildman–Crippen MR) is 169 cm³/mol. The average molecular weight is 544 g/mol. The van der Waals surface area contributed by atoms with Gasteiger partial charge in [0.2, 0.25) is 5.92 Å². The molecule has 39 heavy (non-hydrogen) atoms. The number of rotatable bonds is 6. The Morgan fingerprint density at radius 3 is 2.03 bits per heavy atom. The van der Waals surface area contributed by atoms with Crippen LogP contribution in [0.4, 0.5) is 8.78 Å². The molecule has 0 aromatic heterocycles. The molecular formula is C34H54BF2O2. The number of hydrogen-bond acceptors (Lipinski definition) is 2. The Balaban J connectivity index is 0. The minimum Gasteiger partial charge on any atom is -0.381 e. The van der Waals surface area contributed by atoms with E-state index in [1.807, 2.05) is 19.9 Å². The lowest BCUT2D eigenvalue weighted by Gasteiger charge is -2.25. The minimum atomic E-state index is -2.50. The van der Waals surface area contributed by atoms with Gasteiger partial charge in [-0.15, -0.1) is 0 Å². The van der Waals surface area contributed by atoms with Crippen molar-refractivity contribution in [1.82, 2.24) is 0 Å². The van der Waals surface area contributed by atoms with E-state index in [2.05, 4.69) is 84.0 Å². The second-order valence-corrected chi connectivity index (χ2v) is 10.1. The van der Waals surface area contributed by atoms with Crippen LogP contribution in [0.3, 0.4) is 0 Å². The molecule has 0 amide bonds. The lowest BCUT2D eigenvalue weighted by Crippen LogP contribution is -2.23. The fourth-order valence-electron chi connectivity index (χ4n) is 3.82. The summed E-state index contributed by atoms with van der Waals surface area (Å²) in [6.07, 6.45) is 8.68. The topological polar surface area (TPSA) is 26.3 Å². The van der Waals surface area contributed by atoms with Crippen LogP contribution < -0.4 is 5.46 Å². The number of methoxy groups -OCH3 is 1. The number of benzene rings is 2. The van der Waals surface area contributed by atoms with Crippen LogP contribution in [-0.2, 0) is 15.9 Å². The summed E-state index contributed by atoms with van der Waals surface area (Å²) >= 11 is 0. The highest BCUT2D eigenvalue weighted by molar-refractivity contribution is 6.53. The molecule has 1 radical (unpaired) electrons. The van der Waals surface area contributed by atoms with Crippen LogP contribution in [0.1, 0.15) is 103 Å². The van der Waals surface area contributed by atoms with Gasteiger partial charge in [0.1, 0.15) is 5.78 Å². The second kappa shape index (κ2) is 22.5. The van der Waals surface area contributed by atoms with E-state index in [1.165, 1.54) is 34.1 Å². The third kappa shape index (κ3) is 21.3. The molecule has 0 bridgehead atoms. The number of alkyl halides is 2. The van der Waals surface area contributed by atoms with Crippen LogP contribution in [0.15, 0.2) is 49.0 Å². The standard InChI is InChI=1S/C17H18B.C9H16O2.C3H6F2.C3H8.C2H6/c1-4-15-6-5-7-17(11-15)18-12-16-9-8-13(2)10-14(16)3;1-7(10)8-3-5-9(11-2)6-4-8;1-3(2,4)5;1-3-2;1-2/h4-11H,1,12H2,2-3H3;8-9H,3-6H2,1-2H3;1-2H3;3H2,1-2H3;1-2H3. The normalized spacial score (nSPS) is 15.8. The zero-order valence-electron chi connectivity index (χ0n) is 26.4. The van der Waals surface area contributed by atoms with E-state index >= 15 is 0 Å². The summed E-state index contributed by atoms with van der Waals surface area (Å²) in [7, 11) is 4.02. The Hall–Kier alpha value is -2.27. The number of carbonyl (C=O) groups excluding carboxylic acids is 1. The third-order valence-corrected chi connectivity index (χ3v) is 5.78. The zero-order valence-corrected chi connectivity index (χ0v) is 26.4. The van der Waals surface area contributed by atoms with Crippen molar-refractivity contribution < 1.29 is 18.3 Å². The maximum atomic E-state index is 11.0. The Morgan fingerprint density at radius 1 is 1.05 bits per heavy atom. The van der Waals surface area contributed by atoms with E-state index in [0.717, 1.165) is 45.9 Å². The summed E-state index contributed by atoms with van der Waals surface area (Å²) < 4.78 is 27.2. The van der Waals surface area contributed by atoms with Gasteiger partial charge in [0.15, 0.2) is 7.28 Å². The Bertz CT molecular complexity index is 908. The zero-order chi connectivity index (χ0) is 30.4. The molecule has 0 atom stereocenters. The maximum Gasteiger partial charge on any atom is 0.242 e. The molecule has 0 spiro atoms. The van der Waals surface area contributed by atoms with Crippen molar-refractivity contribution in [3.8, 4) is 0 Å². The first kappa shape index (κ1) is 38.9. The molecule has 0 saturated heterocycles. The fourth-order valence-corrected chi connectivity index (χ4v) is 3.82. The molecule has 1 aliphatic carbocycles. The van der Waals surface area contributed by atoms with E-state index in [1.54, 1.807) is 14.0 Å². The Labute approximate surface area is 239 Å². The van der Waals surface area contributed by atoms with Crippen molar-refractivity contribution in [2.45, 2.75) is 113 Å². The Kier molecular flexibility index (Phi) is 22.5. The van der Waals surface area contributed by atoms with Crippen LogP contribution in [0.25, 0.3) is 6.08 Å². The molecular weight excluding hydrogens is 489 g/mol. The SMILES string of the molecule is C=Cc1cccc([B]Cc2ccc(C)cc2C)c1.CC.CC(C)(F)F.CCC.COC1CCC(C(C)=O)CC1. The van der Waals surface area contributed by atoms with Gasteiger partial charge in [0.25, 0.3) is 0 Å². The molecule has 0 N–H and O–H groups in total. The number of ether oxygens (including phenoxy) is 1. The maximum absolute atomic E-state index is 11.0. The largest absolute Gasteiger partial charge is 0.381 e. The minimum absolute atomic E-state index is 0.321.